The van der Waals surface area contributed by atoms with Gasteiger partial charge in [-0.3, -0.25) is 4.90 Å². The fourth-order valence-electron chi connectivity index (χ4n) is 2.86. The lowest BCUT2D eigenvalue weighted by Gasteiger charge is -2.42. The minimum absolute atomic E-state index is 0.137. The largest absolute Gasteiger partial charge is 0.311 e. The van der Waals surface area contributed by atoms with Crippen molar-refractivity contribution in [1.29, 1.82) is 0 Å². The van der Waals surface area contributed by atoms with E-state index in [0.717, 1.165) is 25.1 Å². The molecule has 0 radical (unpaired) electrons. The molecule has 1 fully saturated rings. The summed E-state index contributed by atoms with van der Waals surface area (Å²) in [5.41, 5.74) is 1.10. The normalized spacial score (nSPS) is 27.1. The number of benzene rings is 1. The Kier molecular flexibility index (Phi) is 4.36. The van der Waals surface area contributed by atoms with Crippen molar-refractivity contribution in [3.63, 3.8) is 0 Å². The second kappa shape index (κ2) is 5.81. The number of rotatable bonds is 3. The number of piperazine rings is 1. The van der Waals surface area contributed by atoms with Crippen molar-refractivity contribution in [3.8, 4) is 0 Å². The Morgan fingerprint density at radius 3 is 2.89 bits per heavy atom. The van der Waals surface area contributed by atoms with E-state index in [1.807, 2.05) is 12.1 Å². The molecule has 1 aromatic carbocycles. The summed E-state index contributed by atoms with van der Waals surface area (Å²) in [6, 6.07) is 8.35. The third-order valence-electron chi connectivity index (χ3n) is 3.83. The van der Waals surface area contributed by atoms with E-state index >= 15 is 0 Å². The minimum atomic E-state index is -0.137. The molecule has 1 saturated heterocycles. The van der Waals surface area contributed by atoms with E-state index < -0.39 is 0 Å². The van der Waals surface area contributed by atoms with Crippen LogP contribution in [0.15, 0.2) is 24.3 Å². The predicted molar refractivity (Wildman–Crippen MR) is 73.1 cm³/mol. The van der Waals surface area contributed by atoms with E-state index in [2.05, 4.69) is 31.0 Å². The maximum atomic E-state index is 13.4. The second-order valence-electron chi connectivity index (χ2n) is 5.33. The summed E-state index contributed by atoms with van der Waals surface area (Å²) in [5.74, 6) is -0.137. The molecule has 1 heterocycles. The third-order valence-corrected chi connectivity index (χ3v) is 3.83. The Morgan fingerprint density at radius 2 is 2.22 bits per heavy atom. The van der Waals surface area contributed by atoms with Crippen LogP contribution in [-0.4, -0.2) is 30.1 Å². The van der Waals surface area contributed by atoms with Crippen molar-refractivity contribution in [2.45, 2.75) is 45.3 Å². The zero-order valence-corrected chi connectivity index (χ0v) is 11.5. The van der Waals surface area contributed by atoms with Crippen LogP contribution in [0.1, 0.15) is 38.8 Å². The van der Waals surface area contributed by atoms with E-state index in [9.17, 15) is 4.39 Å². The van der Waals surface area contributed by atoms with Gasteiger partial charge in [-0.25, -0.2) is 4.39 Å². The molecular weight excluding hydrogens is 227 g/mol. The van der Waals surface area contributed by atoms with E-state index in [1.54, 1.807) is 6.07 Å². The first-order chi connectivity index (χ1) is 8.61. The zero-order valence-electron chi connectivity index (χ0n) is 11.5. The van der Waals surface area contributed by atoms with Crippen molar-refractivity contribution in [3.05, 3.63) is 35.6 Å². The number of hydrogen-bond donors (Lipinski definition) is 1. The lowest BCUT2D eigenvalue weighted by molar-refractivity contribution is 0.0920. The highest BCUT2D eigenvalue weighted by Crippen LogP contribution is 2.28. The summed E-state index contributed by atoms with van der Waals surface area (Å²) in [5, 5.41) is 3.49. The molecule has 0 saturated carbocycles. The Bertz CT molecular complexity index is 394. The van der Waals surface area contributed by atoms with E-state index in [4.69, 9.17) is 0 Å². The number of hydrogen-bond acceptors (Lipinski definition) is 2. The molecule has 1 aromatic rings. The first-order valence-corrected chi connectivity index (χ1v) is 6.86. The molecule has 0 amide bonds. The molecule has 0 spiro atoms. The average Bonchev–Trinajstić information content (AvgIpc) is 2.35. The first-order valence-electron chi connectivity index (χ1n) is 6.86. The van der Waals surface area contributed by atoms with Gasteiger partial charge in [-0.1, -0.05) is 19.1 Å². The van der Waals surface area contributed by atoms with Gasteiger partial charge in [-0.15, -0.1) is 0 Å². The van der Waals surface area contributed by atoms with E-state index in [1.165, 1.54) is 6.07 Å². The Balaban J connectivity index is 2.21. The van der Waals surface area contributed by atoms with Crippen molar-refractivity contribution in [1.82, 2.24) is 10.2 Å². The molecule has 1 aliphatic heterocycles. The van der Waals surface area contributed by atoms with Gasteiger partial charge in [0.2, 0.25) is 0 Å². The van der Waals surface area contributed by atoms with Crippen LogP contribution in [-0.2, 0) is 0 Å². The molecule has 0 aromatic heterocycles. The molecule has 3 unspecified atom stereocenters. The quantitative estimate of drug-likeness (QED) is 0.887. The van der Waals surface area contributed by atoms with Crippen molar-refractivity contribution < 1.29 is 4.39 Å². The molecule has 1 N–H and O–H groups in total. The maximum Gasteiger partial charge on any atom is 0.123 e. The molecule has 2 rings (SSSR count). The third kappa shape index (κ3) is 2.90. The van der Waals surface area contributed by atoms with E-state index in [-0.39, 0.29) is 5.82 Å². The van der Waals surface area contributed by atoms with Crippen LogP contribution < -0.4 is 5.32 Å². The van der Waals surface area contributed by atoms with Gasteiger partial charge >= 0.3 is 0 Å². The Hall–Kier alpha value is -0.930. The monoisotopic (exact) mass is 250 g/mol. The minimum Gasteiger partial charge on any atom is -0.311 e. The van der Waals surface area contributed by atoms with Gasteiger partial charge in [0.25, 0.3) is 0 Å². The highest BCUT2D eigenvalue weighted by molar-refractivity contribution is 5.20. The standard InChI is InChI=1S/C15H23FN2/c1-4-15(13-6-5-7-14(16)8-13)18-10-11(2)17-9-12(18)3/h5-8,11-12,15,17H,4,9-10H2,1-3H3. The first kappa shape index (κ1) is 13.5. The number of halogens is 1. The summed E-state index contributed by atoms with van der Waals surface area (Å²) in [7, 11) is 0. The van der Waals surface area contributed by atoms with Crippen LogP contribution in [0, 0.1) is 5.82 Å². The number of nitrogens with zero attached hydrogens (tertiary/aromatic N) is 1. The van der Waals surface area contributed by atoms with Crippen LogP contribution in [0.2, 0.25) is 0 Å². The van der Waals surface area contributed by atoms with Crippen LogP contribution in [0.4, 0.5) is 4.39 Å². The van der Waals surface area contributed by atoms with Crippen LogP contribution in [0.5, 0.6) is 0 Å². The molecule has 0 bridgehead atoms. The number of nitrogens with one attached hydrogen (secondary N) is 1. The van der Waals surface area contributed by atoms with E-state index in [0.29, 0.717) is 18.1 Å². The van der Waals surface area contributed by atoms with Gasteiger partial charge in [-0.05, 0) is 38.0 Å². The lowest BCUT2D eigenvalue weighted by Crippen LogP contribution is -2.55. The highest BCUT2D eigenvalue weighted by Gasteiger charge is 2.28. The summed E-state index contributed by atoms with van der Waals surface area (Å²) in [6.45, 7) is 8.65. The van der Waals surface area contributed by atoms with Gasteiger partial charge in [0, 0.05) is 31.2 Å². The molecule has 1 aliphatic rings. The molecule has 0 aliphatic carbocycles. The zero-order chi connectivity index (χ0) is 13.1. The predicted octanol–water partition coefficient (Wildman–Crippen LogP) is 2.96. The van der Waals surface area contributed by atoms with Gasteiger partial charge < -0.3 is 5.32 Å². The van der Waals surface area contributed by atoms with Crippen LogP contribution >= 0.6 is 0 Å². The SMILES string of the molecule is CCC(c1cccc(F)c1)N1CC(C)NCC1C. The summed E-state index contributed by atoms with van der Waals surface area (Å²) < 4.78 is 13.4. The van der Waals surface area contributed by atoms with Crippen molar-refractivity contribution in [2.24, 2.45) is 0 Å². The van der Waals surface area contributed by atoms with Crippen LogP contribution in [0.25, 0.3) is 0 Å². The Labute approximate surface area is 109 Å². The van der Waals surface area contributed by atoms with Gasteiger partial charge in [0.15, 0.2) is 0 Å². The highest BCUT2D eigenvalue weighted by atomic mass is 19.1. The fourth-order valence-corrected chi connectivity index (χ4v) is 2.86. The molecular formula is C15H23FN2. The summed E-state index contributed by atoms with van der Waals surface area (Å²) in [6.07, 6.45) is 1.01. The average molecular weight is 250 g/mol. The molecule has 3 heteroatoms. The smallest absolute Gasteiger partial charge is 0.123 e. The maximum absolute atomic E-state index is 13.4. The second-order valence-corrected chi connectivity index (χ2v) is 5.33. The molecule has 100 valence electrons. The van der Waals surface area contributed by atoms with Crippen molar-refractivity contribution in [2.75, 3.05) is 13.1 Å². The topological polar surface area (TPSA) is 15.3 Å². The summed E-state index contributed by atoms with van der Waals surface area (Å²) >= 11 is 0. The molecule has 18 heavy (non-hydrogen) atoms. The van der Waals surface area contributed by atoms with Gasteiger partial charge in [-0.2, -0.15) is 0 Å². The van der Waals surface area contributed by atoms with Gasteiger partial charge in [0.05, 0.1) is 0 Å². The van der Waals surface area contributed by atoms with Gasteiger partial charge in [0.1, 0.15) is 5.82 Å². The molecule has 2 nitrogen and oxygen atoms in total. The summed E-state index contributed by atoms with van der Waals surface area (Å²) in [4.78, 5) is 2.50. The fraction of sp³-hybridized carbons (Fsp3) is 0.600. The Morgan fingerprint density at radius 1 is 1.44 bits per heavy atom. The molecule has 3 atom stereocenters. The van der Waals surface area contributed by atoms with Crippen molar-refractivity contribution >= 4 is 0 Å². The lowest BCUT2D eigenvalue weighted by atomic mass is 9.98. The van der Waals surface area contributed by atoms with Crippen LogP contribution in [0.3, 0.4) is 0 Å².